The summed E-state index contributed by atoms with van der Waals surface area (Å²) in [5.74, 6) is 0. The number of benzene rings is 1. The smallest absolute Gasteiger partial charge is 0.361 e. The summed E-state index contributed by atoms with van der Waals surface area (Å²) in [5.41, 5.74) is 8.60. The summed E-state index contributed by atoms with van der Waals surface area (Å²) in [4.78, 5) is 2.57. The monoisotopic (exact) mass is 260 g/mol. The van der Waals surface area contributed by atoms with Crippen LogP contribution >= 0.6 is 15.9 Å². The lowest BCUT2D eigenvalue weighted by Gasteiger charge is -1.93. The molecular formula is C7H5BrN2O2S. The maximum atomic E-state index is 11.2. The molecule has 0 saturated heterocycles. The van der Waals surface area contributed by atoms with E-state index in [1.54, 1.807) is 12.1 Å². The molecule has 4 nitrogen and oxygen atoms in total. The van der Waals surface area contributed by atoms with Gasteiger partial charge in [0.25, 0.3) is 9.84 Å². The molecule has 1 aromatic rings. The van der Waals surface area contributed by atoms with E-state index in [0.29, 0.717) is 5.55 Å². The fourth-order valence-corrected chi connectivity index (χ4v) is 1.77. The van der Waals surface area contributed by atoms with Crippen molar-refractivity contribution in [3.05, 3.63) is 34.3 Å². The maximum Gasteiger partial charge on any atom is 0.374 e. The molecule has 0 heterocycles. The fraction of sp³-hybridized carbons (Fsp3) is 0. The Hall–Kier alpha value is -0.970. The van der Waals surface area contributed by atoms with Crippen molar-refractivity contribution in [3.63, 3.8) is 0 Å². The van der Waals surface area contributed by atoms with Crippen molar-refractivity contribution in [2.24, 2.45) is 0 Å². The average molecular weight is 261 g/mol. The predicted molar refractivity (Wildman–Crippen MR) is 51.0 cm³/mol. The molecule has 0 fully saturated rings. The normalized spacial score (nSPS) is 10.5. The first-order valence-corrected chi connectivity index (χ1v) is 5.58. The van der Waals surface area contributed by atoms with Gasteiger partial charge in [-0.15, -0.1) is 0 Å². The summed E-state index contributed by atoms with van der Waals surface area (Å²) < 4.78 is 23.2. The van der Waals surface area contributed by atoms with Crippen LogP contribution in [0.2, 0.25) is 0 Å². The van der Waals surface area contributed by atoms with E-state index in [1.807, 2.05) is 0 Å². The molecule has 0 aliphatic heterocycles. The zero-order valence-corrected chi connectivity index (χ0v) is 8.79. The number of nitrogens with zero attached hydrogens (tertiary/aromatic N) is 2. The van der Waals surface area contributed by atoms with Crippen molar-refractivity contribution in [1.29, 1.82) is 0 Å². The van der Waals surface area contributed by atoms with Crippen LogP contribution in [0.25, 0.3) is 5.53 Å². The molecule has 68 valence electrons. The highest BCUT2D eigenvalue weighted by Gasteiger charge is 2.14. The van der Waals surface area contributed by atoms with Crippen molar-refractivity contribution in [2.75, 3.05) is 0 Å². The Bertz CT molecular complexity index is 446. The van der Waals surface area contributed by atoms with Crippen LogP contribution in [-0.2, 0) is 9.84 Å². The van der Waals surface area contributed by atoms with Gasteiger partial charge >= 0.3 is 5.55 Å². The predicted octanol–water partition coefficient (Wildman–Crippen LogP) is 1.48. The number of rotatable bonds is 2. The minimum atomic E-state index is -3.59. The van der Waals surface area contributed by atoms with Gasteiger partial charge in [0.1, 0.15) is 0 Å². The molecule has 6 heteroatoms. The molecule has 0 aromatic heterocycles. The molecule has 0 aliphatic rings. The third kappa shape index (κ3) is 2.48. The molecule has 0 aliphatic carbocycles. The molecule has 0 spiro atoms. The highest BCUT2D eigenvalue weighted by atomic mass is 79.9. The molecule has 13 heavy (non-hydrogen) atoms. The molecular weight excluding hydrogens is 256 g/mol. The SMILES string of the molecule is [N-]=[N+]=CS(=O)(=O)c1ccc(Br)cc1. The van der Waals surface area contributed by atoms with Gasteiger partial charge in [-0.05, 0) is 24.3 Å². The highest BCUT2D eigenvalue weighted by Crippen LogP contribution is 2.14. The zero-order valence-electron chi connectivity index (χ0n) is 6.38. The van der Waals surface area contributed by atoms with E-state index in [9.17, 15) is 8.42 Å². The lowest BCUT2D eigenvalue weighted by molar-refractivity contribution is 0.00754. The molecule has 0 unspecified atom stereocenters. The van der Waals surface area contributed by atoms with E-state index in [0.717, 1.165) is 4.47 Å². The van der Waals surface area contributed by atoms with Crippen LogP contribution in [0.15, 0.2) is 33.6 Å². The molecule has 1 rings (SSSR count). The fourth-order valence-electron chi connectivity index (χ4n) is 0.747. The first-order valence-electron chi connectivity index (χ1n) is 3.24. The first-order chi connectivity index (χ1) is 6.06. The zero-order chi connectivity index (χ0) is 9.90. The van der Waals surface area contributed by atoms with Crippen LogP contribution < -0.4 is 0 Å². The van der Waals surface area contributed by atoms with Gasteiger partial charge in [-0.1, -0.05) is 15.9 Å². The van der Waals surface area contributed by atoms with Gasteiger partial charge in [0.05, 0.1) is 4.90 Å². The van der Waals surface area contributed by atoms with E-state index in [2.05, 4.69) is 20.7 Å². The van der Waals surface area contributed by atoms with Crippen LogP contribution in [0.5, 0.6) is 0 Å². The minimum Gasteiger partial charge on any atom is -0.361 e. The summed E-state index contributed by atoms with van der Waals surface area (Å²) in [6.07, 6.45) is 0. The van der Waals surface area contributed by atoms with E-state index < -0.39 is 9.84 Å². The van der Waals surface area contributed by atoms with Gasteiger partial charge in [-0.2, -0.15) is 4.79 Å². The molecule has 0 saturated carbocycles. The van der Waals surface area contributed by atoms with Gasteiger partial charge in [0, 0.05) is 4.47 Å². The van der Waals surface area contributed by atoms with Gasteiger partial charge in [0.2, 0.25) is 0 Å². The van der Waals surface area contributed by atoms with Crippen molar-refractivity contribution in [3.8, 4) is 0 Å². The van der Waals surface area contributed by atoms with E-state index in [4.69, 9.17) is 5.53 Å². The Balaban J connectivity index is 3.24. The molecule has 0 atom stereocenters. The van der Waals surface area contributed by atoms with Gasteiger partial charge in [-0.3, -0.25) is 0 Å². The Morgan fingerprint density at radius 1 is 1.31 bits per heavy atom. The molecule has 0 bridgehead atoms. The first kappa shape index (κ1) is 10.1. The van der Waals surface area contributed by atoms with Crippen molar-refractivity contribution in [2.45, 2.75) is 4.90 Å². The lowest BCUT2D eigenvalue weighted by atomic mass is 10.4. The summed E-state index contributed by atoms with van der Waals surface area (Å²) in [7, 11) is -3.59. The Kier molecular flexibility index (Phi) is 2.98. The summed E-state index contributed by atoms with van der Waals surface area (Å²) >= 11 is 3.17. The third-order valence-electron chi connectivity index (χ3n) is 1.33. The standard InChI is InChI=1S/C7H5BrN2O2S/c8-6-1-3-7(4-2-6)13(11,12)5-10-9/h1-5H. The van der Waals surface area contributed by atoms with E-state index in [-0.39, 0.29) is 4.90 Å². The maximum absolute atomic E-state index is 11.2. The Morgan fingerprint density at radius 3 is 2.31 bits per heavy atom. The molecule has 0 N–H and O–H groups in total. The van der Waals surface area contributed by atoms with Gasteiger partial charge in [-0.25, -0.2) is 8.42 Å². The van der Waals surface area contributed by atoms with Gasteiger partial charge < -0.3 is 5.53 Å². The Labute approximate surface area is 83.9 Å². The molecule has 1 aromatic carbocycles. The van der Waals surface area contributed by atoms with Crippen LogP contribution in [-0.4, -0.2) is 18.8 Å². The minimum absolute atomic E-state index is 0.0912. The van der Waals surface area contributed by atoms with E-state index >= 15 is 0 Å². The average Bonchev–Trinajstić information content (AvgIpc) is 2.05. The van der Waals surface area contributed by atoms with Crippen LogP contribution in [0, 0.1) is 0 Å². The van der Waals surface area contributed by atoms with Crippen molar-refractivity contribution < 1.29 is 13.2 Å². The van der Waals surface area contributed by atoms with Crippen LogP contribution in [0.1, 0.15) is 0 Å². The number of halogens is 1. The van der Waals surface area contributed by atoms with Crippen molar-refractivity contribution in [1.82, 2.24) is 0 Å². The number of hydrogen-bond donors (Lipinski definition) is 0. The summed E-state index contributed by atoms with van der Waals surface area (Å²) in [6, 6.07) is 6.03. The largest absolute Gasteiger partial charge is 0.374 e. The topological polar surface area (TPSA) is 70.5 Å². The molecule has 0 amide bonds. The van der Waals surface area contributed by atoms with Crippen LogP contribution in [0.4, 0.5) is 0 Å². The van der Waals surface area contributed by atoms with Gasteiger partial charge in [0.15, 0.2) is 0 Å². The summed E-state index contributed by atoms with van der Waals surface area (Å²) in [6.45, 7) is 0. The lowest BCUT2D eigenvalue weighted by Crippen LogP contribution is -2.01. The van der Waals surface area contributed by atoms with Crippen molar-refractivity contribution >= 4 is 31.3 Å². The Morgan fingerprint density at radius 2 is 1.85 bits per heavy atom. The third-order valence-corrected chi connectivity index (χ3v) is 3.16. The second-order valence-electron chi connectivity index (χ2n) is 2.22. The quantitative estimate of drug-likeness (QED) is 0.350. The number of sulfone groups is 1. The highest BCUT2D eigenvalue weighted by molar-refractivity contribution is 9.10. The van der Waals surface area contributed by atoms with E-state index in [1.165, 1.54) is 12.1 Å². The second kappa shape index (κ2) is 3.83. The number of hydrogen-bond acceptors (Lipinski definition) is 2. The second-order valence-corrected chi connectivity index (χ2v) is 4.91. The van der Waals surface area contributed by atoms with Crippen LogP contribution in [0.3, 0.4) is 0 Å². The molecule has 0 radical (unpaired) electrons. The summed E-state index contributed by atoms with van der Waals surface area (Å²) in [5, 5.41) is 0.